The highest BCUT2D eigenvalue weighted by molar-refractivity contribution is 6.17. The summed E-state index contributed by atoms with van der Waals surface area (Å²) >= 11 is 5.59. The average molecular weight is 229 g/mol. The van der Waals surface area contributed by atoms with Gasteiger partial charge < -0.3 is 5.11 Å². The van der Waals surface area contributed by atoms with Gasteiger partial charge in [0.05, 0.1) is 0 Å². The van der Waals surface area contributed by atoms with E-state index in [9.17, 15) is 9.90 Å². The quantitative estimate of drug-likeness (QED) is 0.764. The number of hydrogen-bond donors (Lipinski definition) is 1. The van der Waals surface area contributed by atoms with E-state index < -0.39 is 6.10 Å². The molecule has 0 saturated carbocycles. The minimum absolute atomic E-state index is 0.0561. The number of aromatic nitrogens is 2. The van der Waals surface area contributed by atoms with E-state index in [1.54, 1.807) is 4.57 Å². The van der Waals surface area contributed by atoms with Gasteiger partial charge in [0.15, 0.2) is 0 Å². The first-order valence-corrected chi connectivity index (χ1v) is 5.60. The Balaban J connectivity index is 2.47. The van der Waals surface area contributed by atoms with Crippen LogP contribution in [-0.4, -0.2) is 20.5 Å². The molecule has 0 unspecified atom stereocenters. The van der Waals surface area contributed by atoms with E-state index in [1.165, 1.54) is 6.20 Å². The van der Waals surface area contributed by atoms with Gasteiger partial charge in [-0.1, -0.05) is 0 Å². The molecule has 2 heterocycles. The summed E-state index contributed by atoms with van der Waals surface area (Å²) < 4.78 is 1.57. The number of rotatable bonds is 2. The minimum Gasteiger partial charge on any atom is -0.385 e. The lowest BCUT2D eigenvalue weighted by molar-refractivity contribution is 0.130. The van der Waals surface area contributed by atoms with E-state index >= 15 is 0 Å². The van der Waals surface area contributed by atoms with Crippen LogP contribution in [0.3, 0.4) is 0 Å². The topological polar surface area (TPSA) is 55.1 Å². The highest BCUT2D eigenvalue weighted by atomic mass is 35.5. The van der Waals surface area contributed by atoms with Crippen molar-refractivity contribution in [1.82, 2.24) is 9.55 Å². The summed E-state index contributed by atoms with van der Waals surface area (Å²) in [5, 5.41) is 9.66. The number of aliphatic hydroxyl groups is 1. The molecule has 0 aliphatic carbocycles. The fourth-order valence-corrected chi connectivity index (χ4v) is 2.08. The van der Waals surface area contributed by atoms with Crippen molar-refractivity contribution < 1.29 is 5.11 Å². The van der Waals surface area contributed by atoms with Gasteiger partial charge in [-0.2, -0.15) is 0 Å². The van der Waals surface area contributed by atoms with Gasteiger partial charge in [-0.05, 0) is 19.3 Å². The zero-order valence-corrected chi connectivity index (χ0v) is 9.07. The van der Waals surface area contributed by atoms with Crippen LogP contribution in [0, 0.1) is 0 Å². The number of halogens is 1. The Morgan fingerprint density at radius 2 is 2.47 bits per heavy atom. The Morgan fingerprint density at radius 3 is 3.20 bits per heavy atom. The second kappa shape index (κ2) is 4.33. The summed E-state index contributed by atoms with van der Waals surface area (Å²) in [4.78, 5) is 16.0. The molecule has 0 radical (unpaired) electrons. The molecule has 15 heavy (non-hydrogen) atoms. The maximum atomic E-state index is 11.9. The number of nitrogens with zero attached hydrogens (tertiary/aromatic N) is 2. The third-order valence-electron chi connectivity index (χ3n) is 2.67. The van der Waals surface area contributed by atoms with Crippen LogP contribution >= 0.6 is 11.6 Å². The van der Waals surface area contributed by atoms with Crippen molar-refractivity contribution in [1.29, 1.82) is 0 Å². The van der Waals surface area contributed by atoms with E-state index in [2.05, 4.69) is 4.98 Å². The summed E-state index contributed by atoms with van der Waals surface area (Å²) in [6, 6.07) is 0. The van der Waals surface area contributed by atoms with Gasteiger partial charge in [0.2, 0.25) is 0 Å². The maximum Gasteiger partial charge on any atom is 0.256 e. The molecule has 0 saturated heterocycles. The van der Waals surface area contributed by atoms with Gasteiger partial charge in [0, 0.05) is 24.2 Å². The normalized spacial score (nSPS) is 20.0. The van der Waals surface area contributed by atoms with Crippen molar-refractivity contribution in [2.24, 2.45) is 0 Å². The van der Waals surface area contributed by atoms with Gasteiger partial charge in [-0.25, -0.2) is 4.98 Å². The number of alkyl halides is 1. The molecule has 0 fully saturated rings. The molecule has 1 aromatic rings. The van der Waals surface area contributed by atoms with Crippen LogP contribution in [0.5, 0.6) is 0 Å². The van der Waals surface area contributed by atoms with E-state index in [-0.39, 0.29) is 5.56 Å². The standard InChI is InChI=1S/C10H13ClN2O2/c11-4-3-7-6-12-9-8(14)2-1-5-13(9)10(7)15/h6,8,14H,1-5H2/t8-/m1/s1. The van der Waals surface area contributed by atoms with Crippen molar-refractivity contribution in [3.63, 3.8) is 0 Å². The number of hydrogen-bond acceptors (Lipinski definition) is 3. The fourth-order valence-electron chi connectivity index (χ4n) is 1.87. The molecule has 0 bridgehead atoms. The van der Waals surface area contributed by atoms with E-state index in [0.29, 0.717) is 36.7 Å². The molecule has 4 nitrogen and oxygen atoms in total. The average Bonchev–Trinajstić information content (AvgIpc) is 2.23. The molecule has 0 amide bonds. The third-order valence-corrected chi connectivity index (χ3v) is 2.86. The highest BCUT2D eigenvalue weighted by Gasteiger charge is 2.21. The summed E-state index contributed by atoms with van der Waals surface area (Å²) in [7, 11) is 0. The van der Waals surface area contributed by atoms with Crippen molar-refractivity contribution in [2.45, 2.75) is 31.9 Å². The maximum absolute atomic E-state index is 11.9. The Hall–Kier alpha value is -0.870. The van der Waals surface area contributed by atoms with Crippen LogP contribution in [0.1, 0.15) is 30.3 Å². The first-order chi connectivity index (χ1) is 7.24. The number of aryl methyl sites for hydroxylation is 1. The van der Waals surface area contributed by atoms with E-state index in [4.69, 9.17) is 11.6 Å². The third kappa shape index (κ3) is 1.92. The highest BCUT2D eigenvalue weighted by Crippen LogP contribution is 2.20. The zero-order valence-electron chi connectivity index (χ0n) is 8.32. The molecule has 82 valence electrons. The Morgan fingerprint density at radius 1 is 1.67 bits per heavy atom. The molecule has 5 heteroatoms. The van der Waals surface area contributed by atoms with Gasteiger partial charge in [-0.3, -0.25) is 9.36 Å². The lowest BCUT2D eigenvalue weighted by Crippen LogP contribution is -2.32. The van der Waals surface area contributed by atoms with Crippen molar-refractivity contribution >= 4 is 11.6 Å². The minimum atomic E-state index is -0.600. The number of fused-ring (bicyclic) bond motifs is 1. The largest absolute Gasteiger partial charge is 0.385 e. The Kier molecular flexibility index (Phi) is 3.07. The van der Waals surface area contributed by atoms with Crippen LogP contribution < -0.4 is 5.56 Å². The summed E-state index contributed by atoms with van der Waals surface area (Å²) in [6.07, 6.45) is 2.97. The summed E-state index contributed by atoms with van der Waals surface area (Å²) in [5.41, 5.74) is 0.572. The second-order valence-corrected chi connectivity index (χ2v) is 4.07. The molecule has 1 N–H and O–H groups in total. The van der Waals surface area contributed by atoms with Crippen LogP contribution in [0.4, 0.5) is 0 Å². The van der Waals surface area contributed by atoms with Crippen molar-refractivity contribution in [2.75, 3.05) is 5.88 Å². The Bertz CT molecular complexity index is 416. The van der Waals surface area contributed by atoms with Gasteiger partial charge >= 0.3 is 0 Å². The zero-order chi connectivity index (χ0) is 10.8. The first-order valence-electron chi connectivity index (χ1n) is 5.06. The van der Waals surface area contributed by atoms with Gasteiger partial charge in [0.25, 0.3) is 5.56 Å². The number of aliphatic hydroxyl groups excluding tert-OH is 1. The second-order valence-electron chi connectivity index (χ2n) is 3.70. The molecule has 1 aromatic heterocycles. The summed E-state index contributed by atoms with van der Waals surface area (Å²) in [6.45, 7) is 0.647. The molecule has 1 aliphatic rings. The molecule has 2 rings (SSSR count). The lowest BCUT2D eigenvalue weighted by Gasteiger charge is -2.22. The van der Waals surface area contributed by atoms with Gasteiger partial charge in [-0.15, -0.1) is 11.6 Å². The molecule has 0 aromatic carbocycles. The molecule has 1 aliphatic heterocycles. The smallest absolute Gasteiger partial charge is 0.256 e. The Labute approximate surface area is 92.5 Å². The van der Waals surface area contributed by atoms with Crippen LogP contribution in [0.2, 0.25) is 0 Å². The lowest BCUT2D eigenvalue weighted by atomic mass is 10.1. The summed E-state index contributed by atoms with van der Waals surface area (Å²) in [5.74, 6) is 0.906. The van der Waals surface area contributed by atoms with Crippen LogP contribution in [0.15, 0.2) is 11.0 Å². The first kappa shape index (κ1) is 10.6. The van der Waals surface area contributed by atoms with E-state index in [0.717, 1.165) is 6.42 Å². The predicted molar refractivity (Wildman–Crippen MR) is 57.1 cm³/mol. The van der Waals surface area contributed by atoms with Crippen molar-refractivity contribution in [3.8, 4) is 0 Å². The van der Waals surface area contributed by atoms with Crippen LogP contribution in [0.25, 0.3) is 0 Å². The monoisotopic (exact) mass is 228 g/mol. The molecular weight excluding hydrogens is 216 g/mol. The van der Waals surface area contributed by atoms with E-state index in [1.807, 2.05) is 0 Å². The van der Waals surface area contributed by atoms with Gasteiger partial charge in [0.1, 0.15) is 11.9 Å². The fraction of sp³-hybridized carbons (Fsp3) is 0.600. The molecule has 0 spiro atoms. The predicted octanol–water partition coefficient (Wildman–Crippen LogP) is 0.852. The van der Waals surface area contributed by atoms with Crippen molar-refractivity contribution in [3.05, 3.63) is 27.9 Å². The SMILES string of the molecule is O=c1c(CCCl)cnc2n1CCC[C@H]2O. The van der Waals surface area contributed by atoms with Crippen LogP contribution in [-0.2, 0) is 13.0 Å². The molecular formula is C10H13ClN2O2. The molecule has 1 atom stereocenters.